The van der Waals surface area contributed by atoms with E-state index >= 15 is 0 Å². The van der Waals surface area contributed by atoms with Crippen LogP contribution >= 0.6 is 0 Å². The molecule has 3 N–H and O–H groups in total. The number of nitrogens with one attached hydrogen (secondary N) is 2. The summed E-state index contributed by atoms with van der Waals surface area (Å²) in [7, 11) is 1.00. The van der Waals surface area contributed by atoms with Crippen LogP contribution in [0.4, 0.5) is 11.4 Å². The number of rotatable bonds is 10. The molecule has 0 radical (unpaired) electrons. The van der Waals surface area contributed by atoms with Gasteiger partial charge in [0, 0.05) is 23.8 Å². The first-order chi connectivity index (χ1) is 22.1. The van der Waals surface area contributed by atoms with Gasteiger partial charge in [-0.25, -0.2) is 0 Å². The lowest BCUT2D eigenvalue weighted by atomic mass is 9.82. The monoisotopic (exact) mass is 643 g/mol. The van der Waals surface area contributed by atoms with Crippen LogP contribution in [0.5, 0.6) is 11.5 Å². The van der Waals surface area contributed by atoms with E-state index in [1.807, 2.05) is 59.5 Å². The first kappa shape index (κ1) is 32.2. The lowest BCUT2D eigenvalue weighted by molar-refractivity contribution is -0.146. The lowest BCUT2D eigenvalue weighted by Crippen LogP contribution is -2.51. The minimum absolute atomic E-state index is 0.0329. The minimum atomic E-state index is -2.28. The maximum Gasteiger partial charge on any atom is 0.264 e. The van der Waals surface area contributed by atoms with Crippen LogP contribution in [-0.2, 0) is 26.5 Å². The Labute approximate surface area is 272 Å². The van der Waals surface area contributed by atoms with Crippen molar-refractivity contribution in [1.82, 2.24) is 5.32 Å². The normalized spacial score (nSPS) is 25.6. The van der Waals surface area contributed by atoms with Gasteiger partial charge in [0.05, 0.1) is 46.7 Å². The van der Waals surface area contributed by atoms with E-state index in [0.29, 0.717) is 24.4 Å². The first-order valence-electron chi connectivity index (χ1n) is 16.2. The SMILES string of the molecule is COc1ccc([Si](C)(C)[C@H]2[C@H](CCO)O[C@@]3(C(=O)N(Cc4cccc(NC(=O)[C@H]5CCCN5)c4)c4ccc(OC)cc43)[C@@H]2C)cc1. The van der Waals surface area contributed by atoms with E-state index in [9.17, 15) is 14.7 Å². The van der Waals surface area contributed by atoms with Gasteiger partial charge in [-0.15, -0.1) is 0 Å². The molecule has 1 spiro atoms. The van der Waals surface area contributed by atoms with Crippen LogP contribution < -0.4 is 30.2 Å². The molecule has 3 aromatic rings. The van der Waals surface area contributed by atoms with Gasteiger partial charge in [-0.3, -0.25) is 9.59 Å². The molecule has 0 bridgehead atoms. The molecule has 9 nitrogen and oxygen atoms in total. The van der Waals surface area contributed by atoms with Crippen molar-refractivity contribution in [3.63, 3.8) is 0 Å². The Balaban J connectivity index is 1.36. The number of nitrogens with zero attached hydrogens (tertiary/aromatic N) is 1. The van der Waals surface area contributed by atoms with Crippen molar-refractivity contribution >= 4 is 36.4 Å². The molecule has 5 atom stereocenters. The molecule has 3 aromatic carbocycles. The predicted octanol–water partition coefficient (Wildman–Crippen LogP) is 4.54. The quantitative estimate of drug-likeness (QED) is 0.279. The number of benzene rings is 3. The van der Waals surface area contributed by atoms with E-state index in [4.69, 9.17) is 14.2 Å². The van der Waals surface area contributed by atoms with Crippen molar-refractivity contribution < 1.29 is 28.9 Å². The molecule has 6 rings (SSSR count). The van der Waals surface area contributed by atoms with Crippen LogP contribution in [0.3, 0.4) is 0 Å². The third-order valence-electron chi connectivity index (χ3n) is 10.4. The highest BCUT2D eigenvalue weighted by atomic mass is 28.3. The van der Waals surface area contributed by atoms with Crippen molar-refractivity contribution in [3.8, 4) is 11.5 Å². The van der Waals surface area contributed by atoms with Crippen molar-refractivity contribution in [2.45, 2.75) is 69.1 Å². The van der Waals surface area contributed by atoms with Crippen LogP contribution in [0.25, 0.3) is 0 Å². The van der Waals surface area contributed by atoms with Crippen molar-refractivity contribution in [2.75, 3.05) is 37.6 Å². The molecular formula is C36H45N3O6Si. The summed E-state index contributed by atoms with van der Waals surface area (Å²) in [6.07, 6.45) is 1.94. The number of carbonyl (C=O) groups is 2. The molecule has 3 aliphatic heterocycles. The number of methoxy groups -OCH3 is 2. The van der Waals surface area contributed by atoms with Gasteiger partial charge in [-0.05, 0) is 79.4 Å². The molecule has 10 heteroatoms. The molecule has 0 aromatic heterocycles. The van der Waals surface area contributed by atoms with Gasteiger partial charge < -0.3 is 34.9 Å². The second-order valence-electron chi connectivity index (χ2n) is 13.3. The smallest absolute Gasteiger partial charge is 0.264 e. The Morgan fingerprint density at radius 2 is 1.83 bits per heavy atom. The molecule has 0 saturated carbocycles. The number of hydrogen-bond acceptors (Lipinski definition) is 7. The highest BCUT2D eigenvalue weighted by Gasteiger charge is 2.66. The second-order valence-corrected chi connectivity index (χ2v) is 18.0. The largest absolute Gasteiger partial charge is 0.497 e. The first-order valence-corrected chi connectivity index (χ1v) is 19.3. The van der Waals surface area contributed by atoms with Gasteiger partial charge in [-0.2, -0.15) is 0 Å². The highest BCUT2D eigenvalue weighted by Crippen LogP contribution is 2.60. The number of amides is 2. The van der Waals surface area contributed by atoms with E-state index < -0.39 is 13.7 Å². The minimum Gasteiger partial charge on any atom is -0.497 e. The zero-order chi connectivity index (χ0) is 32.6. The molecule has 46 heavy (non-hydrogen) atoms. The van der Waals surface area contributed by atoms with E-state index in [2.05, 4.69) is 42.8 Å². The molecule has 2 fully saturated rings. The van der Waals surface area contributed by atoms with Crippen LogP contribution in [0.15, 0.2) is 66.7 Å². The molecule has 0 aliphatic carbocycles. The maximum absolute atomic E-state index is 14.9. The zero-order valence-electron chi connectivity index (χ0n) is 27.3. The summed E-state index contributed by atoms with van der Waals surface area (Å²) >= 11 is 0. The summed E-state index contributed by atoms with van der Waals surface area (Å²) in [6.45, 7) is 7.92. The predicted molar refractivity (Wildman–Crippen MR) is 182 cm³/mol. The third kappa shape index (κ3) is 5.51. The van der Waals surface area contributed by atoms with Gasteiger partial charge in [0.2, 0.25) is 5.91 Å². The van der Waals surface area contributed by atoms with Gasteiger partial charge >= 0.3 is 0 Å². The molecule has 244 valence electrons. The standard InChI is InChI=1S/C36H45N3O6Si/c1-23-33(46(4,5)28-14-11-26(43-2)12-15-28)32(17-19-40)45-36(23)29-21-27(44-3)13-16-31(29)39(35(36)42)22-24-8-6-9-25(20-24)38-34(41)30-10-7-18-37-30/h6,8-9,11-16,20-21,23,30,32-33,37,40H,7,10,17-19,22H2,1-5H3,(H,38,41)/t23-,30-,32+,33-,36+/m1/s1. The van der Waals surface area contributed by atoms with Crippen molar-refractivity contribution in [1.29, 1.82) is 0 Å². The number of hydrogen-bond donors (Lipinski definition) is 3. The summed E-state index contributed by atoms with van der Waals surface area (Å²) in [6, 6.07) is 21.5. The molecule has 0 unspecified atom stereocenters. The summed E-state index contributed by atoms with van der Waals surface area (Å²) in [5, 5.41) is 17.7. The van der Waals surface area contributed by atoms with Gasteiger partial charge in [0.25, 0.3) is 5.91 Å². The fourth-order valence-electron chi connectivity index (χ4n) is 8.04. The third-order valence-corrected chi connectivity index (χ3v) is 14.7. The Morgan fingerprint density at radius 3 is 2.50 bits per heavy atom. The summed E-state index contributed by atoms with van der Waals surface area (Å²) < 4.78 is 18.1. The van der Waals surface area contributed by atoms with Crippen LogP contribution in [-0.4, -0.2) is 64.5 Å². The average Bonchev–Trinajstić information content (AvgIpc) is 3.76. The van der Waals surface area contributed by atoms with E-state index in [0.717, 1.165) is 42.0 Å². The number of anilines is 2. The zero-order valence-corrected chi connectivity index (χ0v) is 28.3. The molecule has 2 saturated heterocycles. The van der Waals surface area contributed by atoms with Gasteiger partial charge in [-0.1, -0.05) is 49.5 Å². The Morgan fingerprint density at radius 1 is 1.09 bits per heavy atom. The van der Waals surface area contributed by atoms with Crippen LogP contribution in [0.2, 0.25) is 18.6 Å². The van der Waals surface area contributed by atoms with Gasteiger partial charge in [0.1, 0.15) is 11.5 Å². The summed E-state index contributed by atoms with van der Waals surface area (Å²) in [5.74, 6) is 1.12. The van der Waals surface area contributed by atoms with Gasteiger partial charge in [0.15, 0.2) is 5.60 Å². The second kappa shape index (κ2) is 12.8. The van der Waals surface area contributed by atoms with E-state index in [-0.39, 0.29) is 42.0 Å². The Hall–Kier alpha value is -3.70. The summed E-state index contributed by atoms with van der Waals surface area (Å²) in [4.78, 5) is 29.5. The Bertz CT molecular complexity index is 1590. The van der Waals surface area contributed by atoms with E-state index in [1.165, 1.54) is 5.19 Å². The van der Waals surface area contributed by atoms with Crippen molar-refractivity contribution in [3.05, 3.63) is 77.9 Å². The lowest BCUT2D eigenvalue weighted by Gasteiger charge is -2.37. The van der Waals surface area contributed by atoms with Crippen molar-refractivity contribution in [2.24, 2.45) is 5.92 Å². The number of carbonyl (C=O) groups excluding carboxylic acids is 2. The van der Waals surface area contributed by atoms with Crippen LogP contribution in [0, 0.1) is 5.92 Å². The average molecular weight is 644 g/mol. The number of aliphatic hydroxyl groups is 1. The molecule has 2 amide bonds. The number of fused-ring (bicyclic) bond motifs is 2. The fourth-order valence-corrected chi connectivity index (χ4v) is 12.1. The fraction of sp³-hybridized carbons (Fsp3) is 0.444. The molecule has 3 aliphatic rings. The van der Waals surface area contributed by atoms with Crippen LogP contribution in [0.1, 0.15) is 37.3 Å². The topological polar surface area (TPSA) is 109 Å². The maximum atomic E-state index is 14.9. The molecule has 3 heterocycles. The number of aliphatic hydroxyl groups excluding tert-OH is 1. The Kier molecular flexibility index (Phi) is 8.99. The highest BCUT2D eigenvalue weighted by molar-refractivity contribution is 6.91. The molecular weight excluding hydrogens is 598 g/mol. The van der Waals surface area contributed by atoms with E-state index in [1.54, 1.807) is 14.2 Å². The number of ether oxygens (including phenoxy) is 3. The summed E-state index contributed by atoms with van der Waals surface area (Å²) in [5.41, 5.74) is 1.99.